The number of carbonyl (C=O) groups excluding carboxylic acids is 3. The molecule has 35 heavy (non-hydrogen) atoms. The van der Waals surface area contributed by atoms with Gasteiger partial charge in [0.1, 0.15) is 6.04 Å². The Morgan fingerprint density at radius 1 is 0.943 bits per heavy atom. The number of imide groups is 1. The van der Waals surface area contributed by atoms with Gasteiger partial charge in [-0.1, -0.05) is 80.6 Å². The summed E-state index contributed by atoms with van der Waals surface area (Å²) < 4.78 is 0.966. The van der Waals surface area contributed by atoms with Crippen molar-refractivity contribution in [2.45, 2.75) is 38.6 Å². The van der Waals surface area contributed by atoms with Gasteiger partial charge in [-0.15, -0.1) is 0 Å². The van der Waals surface area contributed by atoms with Crippen LogP contribution in [0.15, 0.2) is 72.8 Å². The van der Waals surface area contributed by atoms with E-state index >= 15 is 0 Å². The number of fused-ring (bicyclic) bond motifs is 2. The lowest BCUT2D eigenvalue weighted by Crippen LogP contribution is -2.48. The Labute approximate surface area is 207 Å². The molecule has 0 fully saturated rings. The van der Waals surface area contributed by atoms with Gasteiger partial charge in [0, 0.05) is 6.42 Å². The van der Waals surface area contributed by atoms with Crippen LogP contribution in [0.1, 0.15) is 52.6 Å². The van der Waals surface area contributed by atoms with Gasteiger partial charge in [0.2, 0.25) is 5.91 Å². The van der Waals surface area contributed by atoms with E-state index < -0.39 is 23.8 Å². The molecule has 0 saturated heterocycles. The Morgan fingerprint density at radius 3 is 2.20 bits per heavy atom. The number of anilines is 1. The molecule has 4 aromatic rings. The number of thiazole rings is 1. The summed E-state index contributed by atoms with van der Waals surface area (Å²) in [5.41, 5.74) is 3.45. The smallest absolute Gasteiger partial charge is 0.262 e. The van der Waals surface area contributed by atoms with Crippen LogP contribution in [0.4, 0.5) is 5.13 Å². The number of hydrogen-bond donors (Lipinski definition) is 1. The second kappa shape index (κ2) is 8.74. The monoisotopic (exact) mass is 483 g/mol. The molecule has 1 unspecified atom stereocenters. The van der Waals surface area contributed by atoms with Crippen LogP contribution in [0.2, 0.25) is 0 Å². The molecule has 176 valence electrons. The molecule has 0 saturated carbocycles. The maximum Gasteiger partial charge on any atom is 0.262 e. The Hall–Kier alpha value is -3.84. The SMILES string of the molecule is CC(C)(C)c1ccc2nc(NC(=O)C(Cc3ccccc3)N3C(=O)c4ccccc4C3=O)sc2c1. The van der Waals surface area contributed by atoms with Crippen molar-refractivity contribution in [3.05, 3.63) is 95.1 Å². The first-order chi connectivity index (χ1) is 16.7. The Kier molecular flexibility index (Phi) is 5.73. The van der Waals surface area contributed by atoms with Crippen LogP contribution >= 0.6 is 11.3 Å². The lowest BCUT2D eigenvalue weighted by molar-refractivity contribution is -0.119. The van der Waals surface area contributed by atoms with Gasteiger partial charge in [-0.2, -0.15) is 0 Å². The van der Waals surface area contributed by atoms with Crippen molar-refractivity contribution in [3.8, 4) is 0 Å². The molecule has 7 heteroatoms. The van der Waals surface area contributed by atoms with E-state index in [0.29, 0.717) is 16.3 Å². The fourth-order valence-corrected chi connectivity index (χ4v) is 5.17. The predicted octanol–water partition coefficient (Wildman–Crippen LogP) is 5.44. The molecule has 5 rings (SSSR count). The summed E-state index contributed by atoms with van der Waals surface area (Å²) in [4.78, 5) is 45.6. The Bertz CT molecular complexity index is 1420. The molecule has 1 aliphatic rings. The number of amides is 3. The minimum atomic E-state index is -1.01. The molecule has 1 aromatic heterocycles. The first-order valence-corrected chi connectivity index (χ1v) is 12.3. The Balaban J connectivity index is 1.47. The molecule has 1 aliphatic heterocycles. The Morgan fingerprint density at radius 2 is 1.57 bits per heavy atom. The van der Waals surface area contributed by atoms with E-state index in [1.165, 1.54) is 16.9 Å². The molecule has 1 atom stereocenters. The summed E-state index contributed by atoms with van der Waals surface area (Å²) >= 11 is 1.38. The summed E-state index contributed by atoms with van der Waals surface area (Å²) in [6.07, 6.45) is 0.206. The molecule has 0 aliphatic carbocycles. The first kappa shape index (κ1) is 22.9. The number of rotatable bonds is 5. The van der Waals surface area contributed by atoms with E-state index in [-0.39, 0.29) is 11.8 Å². The van der Waals surface area contributed by atoms with Crippen molar-refractivity contribution in [2.75, 3.05) is 5.32 Å². The first-order valence-electron chi connectivity index (χ1n) is 11.4. The van der Waals surface area contributed by atoms with Crippen LogP contribution in [-0.4, -0.2) is 33.6 Å². The minimum absolute atomic E-state index is 0.00610. The van der Waals surface area contributed by atoms with Gasteiger partial charge >= 0.3 is 0 Å². The van der Waals surface area contributed by atoms with E-state index in [2.05, 4.69) is 37.1 Å². The van der Waals surface area contributed by atoms with Crippen LogP contribution in [0.5, 0.6) is 0 Å². The average molecular weight is 484 g/mol. The third-order valence-corrected chi connectivity index (χ3v) is 7.13. The highest BCUT2D eigenvalue weighted by atomic mass is 32.1. The van der Waals surface area contributed by atoms with Crippen LogP contribution in [-0.2, 0) is 16.6 Å². The van der Waals surface area contributed by atoms with Gasteiger partial charge in [0.15, 0.2) is 5.13 Å². The zero-order chi connectivity index (χ0) is 24.7. The third-order valence-electron chi connectivity index (χ3n) is 6.20. The summed E-state index contributed by atoms with van der Waals surface area (Å²) in [5.74, 6) is -1.36. The largest absolute Gasteiger partial charge is 0.300 e. The number of nitrogens with zero attached hydrogens (tertiary/aromatic N) is 2. The van der Waals surface area contributed by atoms with Crippen molar-refractivity contribution in [3.63, 3.8) is 0 Å². The van der Waals surface area contributed by atoms with Crippen molar-refractivity contribution < 1.29 is 14.4 Å². The molecule has 6 nitrogen and oxygen atoms in total. The highest BCUT2D eigenvalue weighted by Gasteiger charge is 2.42. The summed E-state index contributed by atoms with van der Waals surface area (Å²) in [5, 5.41) is 3.31. The van der Waals surface area contributed by atoms with Crippen molar-refractivity contribution in [2.24, 2.45) is 0 Å². The van der Waals surface area contributed by atoms with E-state index in [1.54, 1.807) is 24.3 Å². The van der Waals surface area contributed by atoms with E-state index in [4.69, 9.17) is 0 Å². The number of nitrogens with one attached hydrogen (secondary N) is 1. The predicted molar refractivity (Wildman–Crippen MR) is 138 cm³/mol. The fraction of sp³-hybridized carbons (Fsp3) is 0.214. The van der Waals surface area contributed by atoms with Crippen LogP contribution < -0.4 is 5.32 Å². The van der Waals surface area contributed by atoms with Gasteiger partial charge in [0.05, 0.1) is 21.3 Å². The maximum atomic E-state index is 13.6. The molecular formula is C28H25N3O3S. The second-order valence-corrected chi connectivity index (χ2v) is 10.7. The lowest BCUT2D eigenvalue weighted by Gasteiger charge is -2.25. The minimum Gasteiger partial charge on any atom is -0.300 e. The van der Waals surface area contributed by atoms with Gasteiger partial charge < -0.3 is 5.32 Å². The number of carbonyl (C=O) groups is 3. The summed E-state index contributed by atoms with van der Waals surface area (Å²) in [6.45, 7) is 6.44. The topological polar surface area (TPSA) is 79.4 Å². The molecule has 1 N–H and O–H groups in total. The highest BCUT2D eigenvalue weighted by Crippen LogP contribution is 2.32. The molecule has 3 amide bonds. The zero-order valence-corrected chi connectivity index (χ0v) is 20.6. The highest BCUT2D eigenvalue weighted by molar-refractivity contribution is 7.22. The summed E-state index contributed by atoms with van der Waals surface area (Å²) in [7, 11) is 0. The zero-order valence-electron chi connectivity index (χ0n) is 19.7. The third kappa shape index (κ3) is 4.35. The van der Waals surface area contributed by atoms with Gasteiger partial charge in [0.25, 0.3) is 11.8 Å². The average Bonchev–Trinajstić information content (AvgIpc) is 3.35. The lowest BCUT2D eigenvalue weighted by atomic mass is 9.87. The number of aromatic nitrogens is 1. The molecule has 2 heterocycles. The van der Waals surface area contributed by atoms with E-state index in [1.807, 2.05) is 42.5 Å². The quantitative estimate of drug-likeness (QED) is 0.384. The number of benzene rings is 3. The molecular weight excluding hydrogens is 458 g/mol. The van der Waals surface area contributed by atoms with E-state index in [9.17, 15) is 14.4 Å². The van der Waals surface area contributed by atoms with Crippen molar-refractivity contribution >= 4 is 44.4 Å². The van der Waals surface area contributed by atoms with Crippen molar-refractivity contribution in [1.29, 1.82) is 0 Å². The normalized spacial score (nSPS) is 14.3. The van der Waals surface area contributed by atoms with Gasteiger partial charge in [-0.05, 0) is 40.8 Å². The fourth-order valence-electron chi connectivity index (χ4n) is 4.26. The second-order valence-electron chi connectivity index (χ2n) is 9.67. The molecule has 0 radical (unpaired) electrons. The van der Waals surface area contributed by atoms with Gasteiger partial charge in [-0.3, -0.25) is 19.3 Å². The van der Waals surface area contributed by atoms with Crippen LogP contribution in [0, 0.1) is 0 Å². The van der Waals surface area contributed by atoms with Crippen LogP contribution in [0.25, 0.3) is 10.2 Å². The molecule has 3 aromatic carbocycles. The maximum absolute atomic E-state index is 13.6. The van der Waals surface area contributed by atoms with Crippen LogP contribution in [0.3, 0.4) is 0 Å². The standard InChI is InChI=1S/C28H25N3O3S/c1-28(2,3)18-13-14-21-23(16-18)35-27(29-21)30-24(32)22(15-17-9-5-4-6-10-17)31-25(33)19-11-7-8-12-20(19)26(31)34/h4-14,16,22H,15H2,1-3H3,(H,29,30,32). The van der Waals surface area contributed by atoms with Crippen molar-refractivity contribution in [1.82, 2.24) is 9.88 Å². The number of hydrogen-bond acceptors (Lipinski definition) is 5. The molecule has 0 bridgehead atoms. The van der Waals surface area contributed by atoms with E-state index in [0.717, 1.165) is 20.7 Å². The molecule has 0 spiro atoms. The summed E-state index contributed by atoms with van der Waals surface area (Å²) in [6, 6.07) is 21.1. The van der Waals surface area contributed by atoms with Gasteiger partial charge in [-0.25, -0.2) is 4.98 Å².